The summed E-state index contributed by atoms with van der Waals surface area (Å²) in [5, 5.41) is 10.3. The van der Waals surface area contributed by atoms with Crippen LogP contribution < -0.4 is 4.74 Å². The molecule has 0 unspecified atom stereocenters. The lowest BCUT2D eigenvalue weighted by Crippen LogP contribution is -2.38. The van der Waals surface area contributed by atoms with Crippen molar-refractivity contribution in [3.8, 4) is 5.75 Å². The predicted octanol–water partition coefficient (Wildman–Crippen LogP) is 4.33. The molecule has 0 saturated carbocycles. The summed E-state index contributed by atoms with van der Waals surface area (Å²) in [7, 11) is 1.66. The lowest BCUT2D eigenvalue weighted by Gasteiger charge is -2.30. The van der Waals surface area contributed by atoms with E-state index in [1.165, 1.54) is 0 Å². The van der Waals surface area contributed by atoms with Gasteiger partial charge in [-0.3, -0.25) is 0 Å². The molecular weight excluding hydrogens is 356 g/mol. The zero-order valence-electron chi connectivity index (χ0n) is 17.9. The van der Waals surface area contributed by atoms with E-state index >= 15 is 0 Å². The van der Waals surface area contributed by atoms with Crippen molar-refractivity contribution in [3.05, 3.63) is 42.5 Å². The minimum Gasteiger partial charge on any atom is -0.497 e. The van der Waals surface area contributed by atoms with E-state index in [0.717, 1.165) is 17.7 Å². The fourth-order valence-corrected chi connectivity index (χ4v) is 3.45. The molecule has 1 aromatic carbocycles. The molecule has 0 aliphatic carbocycles. The van der Waals surface area contributed by atoms with Crippen LogP contribution in [0.15, 0.2) is 36.9 Å². The topological polar surface area (TPSA) is 57.2 Å². The lowest BCUT2D eigenvalue weighted by atomic mass is 9.90. The summed E-state index contributed by atoms with van der Waals surface area (Å²) in [6.45, 7) is 12.8. The molecule has 5 nitrogen and oxygen atoms in total. The van der Waals surface area contributed by atoms with Crippen molar-refractivity contribution in [1.82, 2.24) is 0 Å². The van der Waals surface area contributed by atoms with Gasteiger partial charge in [0.25, 0.3) is 0 Å². The standard InChI is InChI=1S/C23H36O5/c1-7-16(2)20(24)13-8-17(3)22(21-15-27-23(4,5)28-21)26-14-18-9-11-19(25-6)12-10-18/h7,9-12,16-17,20-22,24H,1,8,13-15H2,2-6H3/t16-,17-,20+,21+,22+/m1/s1. The van der Waals surface area contributed by atoms with E-state index in [2.05, 4.69) is 13.5 Å². The molecule has 0 radical (unpaired) electrons. The number of hydrogen-bond donors (Lipinski definition) is 1. The first-order chi connectivity index (χ1) is 13.3. The van der Waals surface area contributed by atoms with Crippen LogP contribution in [0, 0.1) is 11.8 Å². The average molecular weight is 393 g/mol. The number of methoxy groups -OCH3 is 1. The van der Waals surface area contributed by atoms with Crippen molar-refractivity contribution in [2.24, 2.45) is 11.8 Å². The Balaban J connectivity index is 2.00. The Hall–Kier alpha value is -1.40. The zero-order chi connectivity index (χ0) is 20.7. The Morgan fingerprint density at radius 3 is 2.46 bits per heavy atom. The summed E-state index contributed by atoms with van der Waals surface area (Å²) >= 11 is 0. The van der Waals surface area contributed by atoms with Gasteiger partial charge in [0.2, 0.25) is 0 Å². The summed E-state index contributed by atoms with van der Waals surface area (Å²) in [6, 6.07) is 7.88. The Morgan fingerprint density at radius 1 is 1.25 bits per heavy atom. The molecule has 1 aromatic rings. The molecule has 0 amide bonds. The molecular formula is C23H36O5. The Bertz CT molecular complexity index is 598. The monoisotopic (exact) mass is 392 g/mol. The highest BCUT2D eigenvalue weighted by Crippen LogP contribution is 2.31. The summed E-state index contributed by atoms with van der Waals surface area (Å²) in [4.78, 5) is 0. The van der Waals surface area contributed by atoms with E-state index in [1.54, 1.807) is 13.2 Å². The molecule has 1 N–H and O–H groups in total. The van der Waals surface area contributed by atoms with Gasteiger partial charge in [0.1, 0.15) is 11.9 Å². The number of ether oxygens (including phenoxy) is 4. The smallest absolute Gasteiger partial charge is 0.163 e. The van der Waals surface area contributed by atoms with Gasteiger partial charge in [-0.05, 0) is 56.2 Å². The summed E-state index contributed by atoms with van der Waals surface area (Å²) in [5.41, 5.74) is 1.08. The van der Waals surface area contributed by atoms with Gasteiger partial charge < -0.3 is 24.1 Å². The maximum Gasteiger partial charge on any atom is 0.163 e. The second kappa shape index (κ2) is 10.4. The molecule has 1 heterocycles. The van der Waals surface area contributed by atoms with Crippen molar-refractivity contribution in [1.29, 1.82) is 0 Å². The number of aliphatic hydroxyl groups excluding tert-OH is 1. The molecule has 0 bridgehead atoms. The molecule has 1 fully saturated rings. The average Bonchev–Trinajstić information content (AvgIpc) is 3.05. The second-order valence-corrected chi connectivity index (χ2v) is 8.21. The first kappa shape index (κ1) is 22.9. The van der Waals surface area contributed by atoms with E-state index in [0.29, 0.717) is 19.6 Å². The maximum absolute atomic E-state index is 10.3. The van der Waals surface area contributed by atoms with Gasteiger partial charge in [-0.1, -0.05) is 32.1 Å². The van der Waals surface area contributed by atoms with Gasteiger partial charge in [-0.15, -0.1) is 6.58 Å². The fourth-order valence-electron chi connectivity index (χ4n) is 3.45. The third-order valence-corrected chi connectivity index (χ3v) is 5.46. The van der Waals surface area contributed by atoms with Crippen molar-refractivity contribution in [2.45, 2.75) is 71.2 Å². The second-order valence-electron chi connectivity index (χ2n) is 8.21. The summed E-state index contributed by atoms with van der Waals surface area (Å²) in [6.07, 6.45) is 2.70. The minimum atomic E-state index is -0.594. The van der Waals surface area contributed by atoms with Gasteiger partial charge >= 0.3 is 0 Å². The highest BCUT2D eigenvalue weighted by atomic mass is 16.7. The van der Waals surface area contributed by atoms with Crippen molar-refractivity contribution < 1.29 is 24.1 Å². The lowest BCUT2D eigenvalue weighted by molar-refractivity contribution is -0.164. The van der Waals surface area contributed by atoms with Crippen LogP contribution >= 0.6 is 0 Å². The summed E-state index contributed by atoms with van der Waals surface area (Å²) < 4.78 is 23.4. The van der Waals surface area contributed by atoms with Crippen LogP contribution in [0.25, 0.3) is 0 Å². The molecule has 1 aliphatic heterocycles. The van der Waals surface area contributed by atoms with Crippen molar-refractivity contribution in [3.63, 3.8) is 0 Å². The molecule has 0 spiro atoms. The number of rotatable bonds is 11. The Labute approximate surface area is 169 Å². The normalized spacial score (nSPS) is 23.0. The zero-order valence-corrected chi connectivity index (χ0v) is 17.9. The van der Waals surface area contributed by atoms with Gasteiger partial charge in [0.15, 0.2) is 5.79 Å². The third-order valence-electron chi connectivity index (χ3n) is 5.46. The van der Waals surface area contributed by atoms with Crippen LogP contribution in [0.4, 0.5) is 0 Å². The molecule has 2 rings (SSSR count). The molecule has 1 aliphatic rings. The van der Waals surface area contributed by atoms with Crippen molar-refractivity contribution >= 4 is 0 Å². The SMILES string of the molecule is C=C[C@@H](C)[C@@H](O)CC[C@@H](C)[C@H](OCc1ccc(OC)cc1)[C@@H]1COC(C)(C)O1. The number of aliphatic hydroxyl groups is 1. The third kappa shape index (κ3) is 6.59. The van der Waals surface area contributed by atoms with E-state index < -0.39 is 5.79 Å². The molecule has 0 aromatic heterocycles. The van der Waals surface area contributed by atoms with Gasteiger partial charge in [-0.25, -0.2) is 0 Å². The van der Waals surface area contributed by atoms with Crippen molar-refractivity contribution in [2.75, 3.05) is 13.7 Å². The highest BCUT2D eigenvalue weighted by molar-refractivity contribution is 5.26. The number of hydrogen-bond acceptors (Lipinski definition) is 5. The molecule has 28 heavy (non-hydrogen) atoms. The largest absolute Gasteiger partial charge is 0.497 e. The molecule has 1 saturated heterocycles. The van der Waals surface area contributed by atoms with Gasteiger partial charge in [0, 0.05) is 0 Å². The first-order valence-electron chi connectivity index (χ1n) is 10.1. The van der Waals surface area contributed by atoms with Crippen LogP contribution in [0.1, 0.15) is 46.1 Å². The number of benzene rings is 1. The molecule has 5 atom stereocenters. The van der Waals surface area contributed by atoms with Crippen LogP contribution in [0.3, 0.4) is 0 Å². The molecule has 5 heteroatoms. The quantitative estimate of drug-likeness (QED) is 0.568. The van der Waals surface area contributed by atoms with E-state index in [4.69, 9.17) is 18.9 Å². The van der Waals surface area contributed by atoms with Gasteiger partial charge in [0.05, 0.1) is 32.5 Å². The Morgan fingerprint density at radius 2 is 1.93 bits per heavy atom. The minimum absolute atomic E-state index is 0.0795. The van der Waals surface area contributed by atoms with E-state index in [9.17, 15) is 5.11 Å². The highest BCUT2D eigenvalue weighted by Gasteiger charge is 2.40. The van der Waals surface area contributed by atoms with Crippen LogP contribution in [-0.4, -0.2) is 42.9 Å². The van der Waals surface area contributed by atoms with Gasteiger partial charge in [-0.2, -0.15) is 0 Å². The summed E-state index contributed by atoms with van der Waals surface area (Å²) in [5.74, 6) is 0.528. The van der Waals surface area contributed by atoms with Crippen LogP contribution in [0.5, 0.6) is 5.75 Å². The maximum atomic E-state index is 10.3. The van der Waals surface area contributed by atoms with Crippen LogP contribution in [0.2, 0.25) is 0 Å². The molecule has 158 valence electrons. The first-order valence-corrected chi connectivity index (χ1v) is 10.1. The Kier molecular flexibility index (Phi) is 8.50. The predicted molar refractivity (Wildman–Crippen MR) is 110 cm³/mol. The fraction of sp³-hybridized carbons (Fsp3) is 0.652. The van der Waals surface area contributed by atoms with E-state index in [1.807, 2.05) is 45.0 Å². The van der Waals surface area contributed by atoms with Crippen LogP contribution in [-0.2, 0) is 20.8 Å². The van der Waals surface area contributed by atoms with E-state index in [-0.39, 0.29) is 30.1 Å².